The first-order valence-corrected chi connectivity index (χ1v) is 7.25. The summed E-state index contributed by atoms with van der Waals surface area (Å²) < 4.78 is 12.7. The maximum atomic E-state index is 12.7. The lowest BCUT2D eigenvalue weighted by atomic mass is 10.2. The minimum Gasteiger partial charge on any atom is -0.297 e. The van der Waals surface area contributed by atoms with Crippen LogP contribution in [0.5, 0.6) is 0 Å². The summed E-state index contributed by atoms with van der Waals surface area (Å²) >= 11 is 5.83. The fourth-order valence-electron chi connectivity index (χ4n) is 1.84. The highest BCUT2D eigenvalue weighted by Gasteiger charge is 2.08. The van der Waals surface area contributed by atoms with E-state index in [9.17, 15) is 9.18 Å². The van der Waals surface area contributed by atoms with Gasteiger partial charge in [0.15, 0.2) is 5.82 Å². The van der Waals surface area contributed by atoms with Gasteiger partial charge < -0.3 is 0 Å². The Bertz CT molecular complexity index is 838. The standard InChI is InChI=1S/C16H11ClFN5O/c17-12-3-1-10(2-4-12)15-20-7-11(8-21-15)16(24)23-22-13-5-6-14(18)19-9-13/h1-9,22H,(H,23,24). The number of halogens is 2. The van der Waals surface area contributed by atoms with Crippen LogP contribution in [0, 0.1) is 5.95 Å². The van der Waals surface area contributed by atoms with Gasteiger partial charge in [0.1, 0.15) is 0 Å². The van der Waals surface area contributed by atoms with Gasteiger partial charge in [0.2, 0.25) is 5.95 Å². The van der Waals surface area contributed by atoms with Crippen molar-refractivity contribution in [1.82, 2.24) is 20.4 Å². The summed E-state index contributed by atoms with van der Waals surface area (Å²) in [5, 5.41) is 0.621. The van der Waals surface area contributed by atoms with E-state index in [0.717, 1.165) is 5.56 Å². The van der Waals surface area contributed by atoms with Crippen LogP contribution in [0.1, 0.15) is 10.4 Å². The number of nitrogens with one attached hydrogen (secondary N) is 2. The zero-order valence-corrected chi connectivity index (χ0v) is 13.0. The summed E-state index contributed by atoms with van der Waals surface area (Å²) in [5.41, 5.74) is 6.59. The normalized spacial score (nSPS) is 10.2. The highest BCUT2D eigenvalue weighted by Crippen LogP contribution is 2.17. The van der Waals surface area contributed by atoms with E-state index in [-0.39, 0.29) is 5.56 Å². The molecule has 1 amide bonds. The quantitative estimate of drug-likeness (QED) is 0.562. The van der Waals surface area contributed by atoms with E-state index >= 15 is 0 Å². The van der Waals surface area contributed by atoms with Crippen LogP contribution in [0.15, 0.2) is 55.0 Å². The van der Waals surface area contributed by atoms with Gasteiger partial charge in [-0.15, -0.1) is 0 Å². The monoisotopic (exact) mass is 343 g/mol. The average Bonchev–Trinajstić information content (AvgIpc) is 2.62. The average molecular weight is 344 g/mol. The Morgan fingerprint density at radius 3 is 2.29 bits per heavy atom. The number of benzene rings is 1. The van der Waals surface area contributed by atoms with Crippen LogP contribution in [0.3, 0.4) is 0 Å². The van der Waals surface area contributed by atoms with E-state index in [4.69, 9.17) is 11.6 Å². The van der Waals surface area contributed by atoms with Crippen molar-refractivity contribution in [2.24, 2.45) is 0 Å². The molecule has 6 nitrogen and oxygen atoms in total. The lowest BCUT2D eigenvalue weighted by molar-refractivity contribution is 0.0962. The summed E-state index contributed by atoms with van der Waals surface area (Å²) in [5.74, 6) is -0.543. The number of anilines is 1. The molecule has 2 N–H and O–H groups in total. The van der Waals surface area contributed by atoms with Gasteiger partial charge in [0, 0.05) is 23.0 Å². The van der Waals surface area contributed by atoms with Gasteiger partial charge in [-0.2, -0.15) is 4.39 Å². The molecule has 0 unspecified atom stereocenters. The lowest BCUT2D eigenvalue weighted by Gasteiger charge is -2.08. The number of carbonyl (C=O) groups is 1. The van der Waals surface area contributed by atoms with Crippen molar-refractivity contribution in [1.29, 1.82) is 0 Å². The number of rotatable bonds is 4. The van der Waals surface area contributed by atoms with Gasteiger partial charge in [-0.05, 0) is 36.4 Å². The third-order valence-corrected chi connectivity index (χ3v) is 3.32. The fraction of sp³-hybridized carbons (Fsp3) is 0. The molecular formula is C16H11ClFN5O. The topological polar surface area (TPSA) is 79.8 Å². The predicted molar refractivity (Wildman–Crippen MR) is 87.8 cm³/mol. The molecule has 0 spiro atoms. The van der Waals surface area contributed by atoms with Crippen LogP contribution in [0.2, 0.25) is 5.02 Å². The van der Waals surface area contributed by atoms with Crippen molar-refractivity contribution in [3.63, 3.8) is 0 Å². The number of aromatic nitrogens is 3. The van der Waals surface area contributed by atoms with Crippen molar-refractivity contribution < 1.29 is 9.18 Å². The van der Waals surface area contributed by atoms with E-state index < -0.39 is 11.9 Å². The van der Waals surface area contributed by atoms with Gasteiger partial charge in [0.05, 0.1) is 17.4 Å². The molecule has 2 heterocycles. The molecule has 2 aromatic heterocycles. The molecule has 1 aromatic carbocycles. The Morgan fingerprint density at radius 1 is 0.958 bits per heavy atom. The Kier molecular flexibility index (Phi) is 4.62. The number of carbonyl (C=O) groups excluding carboxylic acids is 1. The van der Waals surface area contributed by atoms with Crippen molar-refractivity contribution in [3.8, 4) is 11.4 Å². The molecule has 0 fully saturated rings. The van der Waals surface area contributed by atoms with Gasteiger partial charge in [-0.1, -0.05) is 11.6 Å². The van der Waals surface area contributed by atoms with Crippen molar-refractivity contribution in [2.45, 2.75) is 0 Å². The van der Waals surface area contributed by atoms with Crippen LogP contribution in [-0.4, -0.2) is 20.9 Å². The second kappa shape index (κ2) is 7.01. The highest BCUT2D eigenvalue weighted by molar-refractivity contribution is 6.30. The minimum atomic E-state index is -0.599. The first-order valence-electron chi connectivity index (χ1n) is 6.88. The second-order valence-electron chi connectivity index (χ2n) is 4.75. The molecule has 8 heteroatoms. The maximum Gasteiger partial charge on any atom is 0.272 e. The molecule has 0 saturated carbocycles. The number of nitrogens with zero attached hydrogens (tertiary/aromatic N) is 3. The predicted octanol–water partition coefficient (Wildman–Crippen LogP) is 3.09. The zero-order valence-electron chi connectivity index (χ0n) is 12.2. The van der Waals surface area contributed by atoms with E-state index in [1.165, 1.54) is 30.7 Å². The molecule has 0 bridgehead atoms. The van der Waals surface area contributed by atoms with Crippen molar-refractivity contribution >= 4 is 23.2 Å². The molecule has 3 aromatic rings. The highest BCUT2D eigenvalue weighted by atomic mass is 35.5. The maximum absolute atomic E-state index is 12.7. The zero-order chi connectivity index (χ0) is 16.9. The molecule has 0 aliphatic heterocycles. The first kappa shape index (κ1) is 15.8. The number of hydrogen-bond donors (Lipinski definition) is 2. The van der Waals surface area contributed by atoms with E-state index in [2.05, 4.69) is 25.8 Å². The van der Waals surface area contributed by atoms with Crippen LogP contribution in [0.4, 0.5) is 10.1 Å². The molecule has 24 heavy (non-hydrogen) atoms. The van der Waals surface area contributed by atoms with E-state index in [0.29, 0.717) is 16.5 Å². The number of amides is 1. The number of hydrazine groups is 1. The fourth-order valence-corrected chi connectivity index (χ4v) is 1.97. The Balaban J connectivity index is 1.65. The smallest absolute Gasteiger partial charge is 0.272 e. The van der Waals surface area contributed by atoms with Gasteiger partial charge in [-0.3, -0.25) is 15.6 Å². The molecule has 0 aliphatic carbocycles. The molecule has 120 valence electrons. The van der Waals surface area contributed by atoms with Crippen LogP contribution in [0.25, 0.3) is 11.4 Å². The third-order valence-electron chi connectivity index (χ3n) is 3.06. The Hall–Kier alpha value is -3.06. The molecular weight excluding hydrogens is 333 g/mol. The van der Waals surface area contributed by atoms with Crippen molar-refractivity contribution in [2.75, 3.05) is 5.43 Å². The Morgan fingerprint density at radius 2 is 1.67 bits per heavy atom. The molecule has 0 saturated heterocycles. The summed E-state index contributed by atoms with van der Waals surface area (Å²) in [6.07, 6.45) is 4.09. The molecule has 3 rings (SSSR count). The van der Waals surface area contributed by atoms with E-state index in [1.54, 1.807) is 24.3 Å². The van der Waals surface area contributed by atoms with Crippen LogP contribution in [-0.2, 0) is 0 Å². The van der Waals surface area contributed by atoms with Gasteiger partial charge >= 0.3 is 0 Å². The molecule has 0 aliphatic rings. The first-order chi connectivity index (χ1) is 11.6. The number of hydrogen-bond acceptors (Lipinski definition) is 5. The van der Waals surface area contributed by atoms with Crippen molar-refractivity contribution in [3.05, 3.63) is 71.5 Å². The lowest BCUT2D eigenvalue weighted by Crippen LogP contribution is -2.29. The molecule has 0 radical (unpaired) electrons. The second-order valence-corrected chi connectivity index (χ2v) is 5.19. The van der Waals surface area contributed by atoms with Crippen LogP contribution >= 0.6 is 11.6 Å². The van der Waals surface area contributed by atoms with Gasteiger partial charge in [0.25, 0.3) is 5.91 Å². The number of pyridine rings is 1. The third kappa shape index (κ3) is 3.82. The summed E-state index contributed by atoms with van der Waals surface area (Å²) in [6, 6.07) is 9.69. The van der Waals surface area contributed by atoms with E-state index in [1.807, 2.05) is 0 Å². The SMILES string of the molecule is O=C(NNc1ccc(F)nc1)c1cnc(-c2ccc(Cl)cc2)nc1. The molecule has 0 atom stereocenters. The van der Waals surface area contributed by atoms with Gasteiger partial charge in [-0.25, -0.2) is 15.0 Å². The largest absolute Gasteiger partial charge is 0.297 e. The Labute approximate surface area is 141 Å². The summed E-state index contributed by atoms with van der Waals surface area (Å²) in [6.45, 7) is 0. The summed E-state index contributed by atoms with van der Waals surface area (Å²) in [7, 11) is 0. The minimum absolute atomic E-state index is 0.273. The van der Waals surface area contributed by atoms with Crippen LogP contribution < -0.4 is 10.9 Å². The summed E-state index contributed by atoms with van der Waals surface area (Å²) in [4.78, 5) is 23.8.